The number of imidazole rings is 1. The lowest BCUT2D eigenvalue weighted by molar-refractivity contribution is 0.0711. The maximum Gasteiger partial charge on any atom is 0.274 e. The van der Waals surface area contributed by atoms with E-state index in [1.54, 1.807) is 41.2 Å². The topological polar surface area (TPSA) is 73.1 Å². The molecular weight excluding hydrogens is 361 g/mol. The van der Waals surface area contributed by atoms with Gasteiger partial charge in [0.25, 0.3) is 5.91 Å². The fraction of sp³-hybridized carbons (Fsp3) is 0.300. The molecule has 144 valence electrons. The second-order valence-corrected chi connectivity index (χ2v) is 6.55. The molecule has 1 atom stereocenters. The Hall–Kier alpha value is -3.29. The van der Waals surface area contributed by atoms with E-state index in [0.717, 1.165) is 6.42 Å². The maximum atomic E-state index is 13.3. The summed E-state index contributed by atoms with van der Waals surface area (Å²) in [6.07, 6.45) is 6.44. The normalized spacial score (nSPS) is 16.4. The molecule has 1 aliphatic rings. The van der Waals surface area contributed by atoms with Crippen molar-refractivity contribution in [2.24, 2.45) is 0 Å². The van der Waals surface area contributed by atoms with E-state index in [4.69, 9.17) is 4.74 Å². The monoisotopic (exact) mass is 381 g/mol. The predicted octanol–water partition coefficient (Wildman–Crippen LogP) is 2.91. The van der Waals surface area contributed by atoms with Gasteiger partial charge in [-0.1, -0.05) is 6.07 Å². The number of carbonyl (C=O) groups excluding carboxylic acids is 1. The number of amides is 1. The summed E-state index contributed by atoms with van der Waals surface area (Å²) in [7, 11) is 1.55. The molecule has 8 heteroatoms. The Bertz CT molecular complexity index is 958. The largest absolute Gasteiger partial charge is 0.481 e. The number of carbonyl (C=O) groups is 1. The highest BCUT2D eigenvalue weighted by Crippen LogP contribution is 2.25. The van der Waals surface area contributed by atoms with E-state index in [-0.39, 0.29) is 17.6 Å². The van der Waals surface area contributed by atoms with Crippen LogP contribution in [0.25, 0.3) is 17.2 Å². The third kappa shape index (κ3) is 3.33. The SMILES string of the molecule is COc1ccc(-c2nc(C(=O)N3CCC[C@H]3CF)cn2-c2ccccn2)cn1. The highest BCUT2D eigenvalue weighted by Gasteiger charge is 2.31. The lowest BCUT2D eigenvalue weighted by Crippen LogP contribution is -2.36. The van der Waals surface area contributed by atoms with Gasteiger partial charge in [-0.05, 0) is 31.0 Å². The number of halogens is 1. The minimum atomic E-state index is -0.540. The third-order valence-electron chi connectivity index (χ3n) is 4.84. The second-order valence-electron chi connectivity index (χ2n) is 6.55. The first-order chi connectivity index (χ1) is 13.7. The van der Waals surface area contributed by atoms with Gasteiger partial charge in [0.1, 0.15) is 24.0 Å². The Morgan fingerprint density at radius 1 is 1.29 bits per heavy atom. The van der Waals surface area contributed by atoms with Crippen LogP contribution < -0.4 is 4.74 Å². The van der Waals surface area contributed by atoms with E-state index in [1.165, 1.54) is 0 Å². The van der Waals surface area contributed by atoms with Gasteiger partial charge < -0.3 is 9.64 Å². The molecule has 3 aromatic rings. The van der Waals surface area contributed by atoms with Crippen LogP contribution in [0.3, 0.4) is 0 Å². The molecule has 1 fully saturated rings. The molecule has 7 nitrogen and oxygen atoms in total. The van der Waals surface area contributed by atoms with Gasteiger partial charge in [0.2, 0.25) is 5.88 Å². The maximum absolute atomic E-state index is 13.3. The van der Waals surface area contributed by atoms with Gasteiger partial charge in [0.15, 0.2) is 0 Å². The van der Waals surface area contributed by atoms with Crippen molar-refractivity contribution in [3.05, 3.63) is 54.6 Å². The summed E-state index contributed by atoms with van der Waals surface area (Å²) in [6.45, 7) is 0.00520. The molecule has 0 aliphatic carbocycles. The van der Waals surface area contributed by atoms with Crippen LogP contribution >= 0.6 is 0 Å². The molecule has 28 heavy (non-hydrogen) atoms. The number of rotatable bonds is 5. The number of pyridine rings is 2. The highest BCUT2D eigenvalue weighted by molar-refractivity contribution is 5.93. The number of ether oxygens (including phenoxy) is 1. The Morgan fingerprint density at radius 3 is 2.86 bits per heavy atom. The summed E-state index contributed by atoms with van der Waals surface area (Å²) in [4.78, 5) is 27.7. The van der Waals surface area contributed by atoms with Gasteiger partial charge in [-0.2, -0.15) is 0 Å². The average molecular weight is 381 g/mol. The summed E-state index contributed by atoms with van der Waals surface area (Å²) in [5.41, 5.74) is 0.978. The molecule has 3 aromatic heterocycles. The molecule has 0 saturated carbocycles. The molecule has 4 heterocycles. The molecule has 0 bridgehead atoms. The molecule has 4 rings (SSSR count). The van der Waals surface area contributed by atoms with Crippen LogP contribution in [-0.4, -0.2) is 56.7 Å². The lowest BCUT2D eigenvalue weighted by Gasteiger charge is -2.21. The lowest BCUT2D eigenvalue weighted by atomic mass is 10.2. The van der Waals surface area contributed by atoms with Crippen LogP contribution in [0.15, 0.2) is 48.9 Å². The van der Waals surface area contributed by atoms with Crippen LogP contribution in [0.1, 0.15) is 23.3 Å². The van der Waals surface area contributed by atoms with E-state index in [9.17, 15) is 9.18 Å². The zero-order chi connectivity index (χ0) is 19.5. The number of alkyl halides is 1. The Labute approximate surface area is 161 Å². The fourth-order valence-corrected chi connectivity index (χ4v) is 3.40. The average Bonchev–Trinajstić information content (AvgIpc) is 3.41. The molecule has 0 unspecified atom stereocenters. The van der Waals surface area contributed by atoms with Gasteiger partial charge in [0.05, 0.1) is 13.2 Å². The quantitative estimate of drug-likeness (QED) is 0.679. The molecule has 0 aromatic carbocycles. The highest BCUT2D eigenvalue weighted by atomic mass is 19.1. The molecule has 0 radical (unpaired) electrons. The Morgan fingerprint density at radius 2 is 2.18 bits per heavy atom. The van der Waals surface area contributed by atoms with E-state index in [0.29, 0.717) is 36.1 Å². The zero-order valence-corrected chi connectivity index (χ0v) is 15.5. The summed E-state index contributed by atoms with van der Waals surface area (Å²) >= 11 is 0. The van der Waals surface area contributed by atoms with Gasteiger partial charge >= 0.3 is 0 Å². The van der Waals surface area contributed by atoms with E-state index < -0.39 is 6.67 Å². The standard InChI is InChI=1S/C20H20FN5O2/c1-28-18-8-7-14(12-23-18)19-24-16(13-26(19)17-6-2-3-9-22-17)20(27)25-10-4-5-15(25)11-21/h2-3,6-9,12-13,15H,4-5,10-11H2,1H3/t15-/m0/s1. The summed E-state index contributed by atoms with van der Waals surface area (Å²) < 4.78 is 20.1. The third-order valence-corrected chi connectivity index (χ3v) is 4.84. The predicted molar refractivity (Wildman–Crippen MR) is 101 cm³/mol. The van der Waals surface area contributed by atoms with Crippen LogP contribution in [0.5, 0.6) is 5.88 Å². The van der Waals surface area contributed by atoms with Crippen molar-refractivity contribution in [1.82, 2.24) is 24.4 Å². The first-order valence-corrected chi connectivity index (χ1v) is 9.09. The van der Waals surface area contributed by atoms with Gasteiger partial charge in [-0.3, -0.25) is 9.36 Å². The van der Waals surface area contributed by atoms with Crippen molar-refractivity contribution in [3.8, 4) is 23.1 Å². The van der Waals surface area contributed by atoms with Crippen LogP contribution in [0.4, 0.5) is 4.39 Å². The van der Waals surface area contributed by atoms with E-state index in [2.05, 4.69) is 15.0 Å². The summed E-state index contributed by atoms with van der Waals surface area (Å²) in [5.74, 6) is 1.38. The van der Waals surface area contributed by atoms with Gasteiger partial charge in [-0.15, -0.1) is 0 Å². The summed E-state index contributed by atoms with van der Waals surface area (Å²) in [5, 5.41) is 0. The first-order valence-electron chi connectivity index (χ1n) is 9.09. The Kier molecular flexibility index (Phi) is 5.01. The van der Waals surface area contributed by atoms with Gasteiger partial charge in [-0.25, -0.2) is 19.3 Å². The molecule has 0 spiro atoms. The molecule has 1 amide bonds. The van der Waals surface area contributed by atoms with Gasteiger partial charge in [0, 0.05) is 36.8 Å². The van der Waals surface area contributed by atoms with Crippen molar-refractivity contribution in [3.63, 3.8) is 0 Å². The van der Waals surface area contributed by atoms with Crippen molar-refractivity contribution in [2.75, 3.05) is 20.3 Å². The molecule has 0 N–H and O–H groups in total. The number of hydrogen-bond donors (Lipinski definition) is 0. The van der Waals surface area contributed by atoms with Crippen LogP contribution in [0, 0.1) is 0 Å². The zero-order valence-electron chi connectivity index (χ0n) is 15.5. The van der Waals surface area contributed by atoms with E-state index in [1.807, 2.05) is 24.3 Å². The number of methoxy groups -OCH3 is 1. The van der Waals surface area contributed by atoms with Crippen LogP contribution in [0.2, 0.25) is 0 Å². The van der Waals surface area contributed by atoms with Crippen molar-refractivity contribution in [1.29, 1.82) is 0 Å². The Balaban J connectivity index is 1.77. The number of likely N-dealkylation sites (tertiary alicyclic amines) is 1. The second kappa shape index (κ2) is 7.75. The number of hydrogen-bond acceptors (Lipinski definition) is 5. The van der Waals surface area contributed by atoms with Crippen molar-refractivity contribution >= 4 is 5.91 Å². The minimum absolute atomic E-state index is 0.261. The van der Waals surface area contributed by atoms with Crippen molar-refractivity contribution in [2.45, 2.75) is 18.9 Å². The fourth-order valence-electron chi connectivity index (χ4n) is 3.40. The summed E-state index contributed by atoms with van der Waals surface area (Å²) in [6, 6.07) is 8.68. The number of nitrogens with zero attached hydrogens (tertiary/aromatic N) is 5. The smallest absolute Gasteiger partial charge is 0.274 e. The molecule has 1 aliphatic heterocycles. The molecular formula is C20H20FN5O2. The molecule has 1 saturated heterocycles. The first kappa shape index (κ1) is 18.1. The number of aromatic nitrogens is 4. The van der Waals surface area contributed by atoms with Crippen LogP contribution in [-0.2, 0) is 0 Å². The minimum Gasteiger partial charge on any atom is -0.481 e. The van der Waals surface area contributed by atoms with Crippen molar-refractivity contribution < 1.29 is 13.9 Å². The van der Waals surface area contributed by atoms with E-state index >= 15 is 0 Å².